The highest BCUT2D eigenvalue weighted by molar-refractivity contribution is 7.90. The number of benzene rings is 1. The van der Waals surface area contributed by atoms with Crippen LogP contribution in [0.2, 0.25) is 0 Å². The maximum atomic E-state index is 12.4. The molecule has 6 heteroatoms. The molecule has 1 amide bonds. The van der Waals surface area contributed by atoms with E-state index in [2.05, 4.69) is 10.6 Å². The molecular weight excluding hydrogens is 336 g/mol. The fourth-order valence-electron chi connectivity index (χ4n) is 5.75. The minimum atomic E-state index is -3.26. The van der Waals surface area contributed by atoms with Gasteiger partial charge in [0.05, 0.1) is 10.4 Å². The summed E-state index contributed by atoms with van der Waals surface area (Å²) in [7, 11) is -3.26. The molecule has 4 aliphatic rings. The van der Waals surface area contributed by atoms with E-state index in [1.54, 1.807) is 18.2 Å². The summed E-state index contributed by atoms with van der Waals surface area (Å²) >= 11 is 0. The van der Waals surface area contributed by atoms with E-state index in [1.807, 2.05) is 0 Å². The Morgan fingerprint density at radius 3 is 2.32 bits per heavy atom. The summed E-state index contributed by atoms with van der Waals surface area (Å²) in [5, 5.41) is 5.12. The van der Waals surface area contributed by atoms with E-state index in [4.69, 9.17) is 0 Å². The highest BCUT2D eigenvalue weighted by atomic mass is 32.2. The molecule has 4 bridgehead atoms. The van der Waals surface area contributed by atoms with Crippen molar-refractivity contribution >= 4 is 21.4 Å². The molecule has 25 heavy (non-hydrogen) atoms. The van der Waals surface area contributed by atoms with Gasteiger partial charge in [0, 0.05) is 31.2 Å². The number of nitrogens with two attached hydrogens (primary N) is 1. The lowest BCUT2D eigenvalue weighted by Crippen LogP contribution is -3.00. The number of quaternary nitrogens is 1. The zero-order valence-corrected chi connectivity index (χ0v) is 15.5. The first-order chi connectivity index (χ1) is 11.8. The normalized spacial score (nSPS) is 33.4. The van der Waals surface area contributed by atoms with Gasteiger partial charge in [-0.05, 0) is 55.2 Å². The summed E-state index contributed by atoms with van der Waals surface area (Å²) in [5.41, 5.74) is 0.826. The molecule has 3 N–H and O–H groups in total. The zero-order chi connectivity index (χ0) is 17.7. The van der Waals surface area contributed by atoms with E-state index in [0.29, 0.717) is 12.2 Å². The van der Waals surface area contributed by atoms with Crippen LogP contribution in [0.3, 0.4) is 0 Å². The molecule has 0 atom stereocenters. The predicted octanol–water partition coefficient (Wildman–Crippen LogP) is 1.56. The second kappa shape index (κ2) is 6.09. The van der Waals surface area contributed by atoms with Gasteiger partial charge in [0.15, 0.2) is 16.4 Å². The van der Waals surface area contributed by atoms with Crippen LogP contribution < -0.4 is 10.6 Å². The van der Waals surface area contributed by atoms with E-state index in [0.717, 1.165) is 17.8 Å². The molecule has 0 heterocycles. The van der Waals surface area contributed by atoms with Gasteiger partial charge in [-0.2, -0.15) is 0 Å². The third-order valence-corrected chi connectivity index (χ3v) is 7.46. The standard InChI is InChI=1S/C19H26N2O3S/c1-25(23,24)17-4-2-3-16(8-17)21-18(22)12-20-19-9-13-5-14(10-19)7-15(6-13)11-19/h2-4,8,13-15,20H,5-7,9-12H2,1H3,(H,21,22)/p+1. The molecule has 4 aliphatic carbocycles. The third kappa shape index (κ3) is 3.60. The van der Waals surface area contributed by atoms with Crippen molar-refractivity contribution in [2.24, 2.45) is 17.8 Å². The van der Waals surface area contributed by atoms with Gasteiger partial charge in [0.25, 0.3) is 5.91 Å². The maximum Gasteiger partial charge on any atom is 0.279 e. The Hall–Kier alpha value is -1.40. The molecule has 4 saturated carbocycles. The summed E-state index contributed by atoms with van der Waals surface area (Å²) in [4.78, 5) is 12.6. The molecule has 5 rings (SSSR count). The van der Waals surface area contributed by atoms with Crippen LogP contribution in [0, 0.1) is 17.8 Å². The second-order valence-corrected chi connectivity index (χ2v) is 10.6. The topological polar surface area (TPSA) is 79.8 Å². The number of carbonyl (C=O) groups is 1. The van der Waals surface area contributed by atoms with Gasteiger partial charge in [0.1, 0.15) is 0 Å². The SMILES string of the molecule is CS(=O)(=O)c1cccc(NC(=O)C[NH2+]C23CC4CC(CC(C4)C2)C3)c1. The molecule has 1 aromatic rings. The zero-order valence-electron chi connectivity index (χ0n) is 14.7. The van der Waals surface area contributed by atoms with Crippen LogP contribution in [-0.2, 0) is 14.6 Å². The minimum Gasteiger partial charge on any atom is -0.334 e. The number of hydrogen-bond acceptors (Lipinski definition) is 3. The number of rotatable bonds is 5. The third-order valence-electron chi connectivity index (χ3n) is 6.35. The van der Waals surface area contributed by atoms with Crippen molar-refractivity contribution in [1.82, 2.24) is 0 Å². The summed E-state index contributed by atoms with van der Waals surface area (Å²) in [6.07, 6.45) is 9.16. The first-order valence-corrected chi connectivity index (χ1v) is 11.1. The van der Waals surface area contributed by atoms with Gasteiger partial charge < -0.3 is 10.6 Å². The number of nitrogens with one attached hydrogen (secondary N) is 1. The van der Waals surface area contributed by atoms with Gasteiger partial charge in [-0.15, -0.1) is 0 Å². The molecule has 0 unspecified atom stereocenters. The summed E-state index contributed by atoms with van der Waals surface area (Å²) in [5.74, 6) is 2.56. The van der Waals surface area contributed by atoms with Crippen LogP contribution in [0.1, 0.15) is 38.5 Å². The lowest BCUT2D eigenvalue weighted by atomic mass is 9.53. The largest absolute Gasteiger partial charge is 0.334 e. The Balaban J connectivity index is 1.37. The van der Waals surface area contributed by atoms with Gasteiger partial charge in [-0.25, -0.2) is 8.42 Å². The molecule has 0 aliphatic heterocycles. The van der Waals surface area contributed by atoms with Crippen molar-refractivity contribution in [1.29, 1.82) is 0 Å². The van der Waals surface area contributed by atoms with E-state index in [1.165, 1.54) is 50.8 Å². The molecule has 1 aromatic carbocycles. The monoisotopic (exact) mass is 363 g/mol. The Bertz CT molecular complexity index is 752. The van der Waals surface area contributed by atoms with Gasteiger partial charge in [-0.1, -0.05) is 6.07 Å². The Morgan fingerprint density at radius 2 is 1.76 bits per heavy atom. The summed E-state index contributed by atoms with van der Waals surface area (Å²) in [6, 6.07) is 6.47. The number of carbonyl (C=O) groups excluding carboxylic acids is 1. The molecule has 5 nitrogen and oxygen atoms in total. The molecular formula is C19H27N2O3S+. The first kappa shape index (κ1) is 17.0. The quantitative estimate of drug-likeness (QED) is 0.833. The van der Waals surface area contributed by atoms with E-state index >= 15 is 0 Å². The number of amides is 1. The van der Waals surface area contributed by atoms with E-state index < -0.39 is 9.84 Å². The summed E-state index contributed by atoms with van der Waals surface area (Å²) < 4.78 is 23.3. The molecule has 0 spiro atoms. The van der Waals surface area contributed by atoms with Crippen molar-refractivity contribution in [2.75, 3.05) is 18.1 Å². The Labute approximate surface area is 149 Å². The molecule has 0 radical (unpaired) electrons. The van der Waals surface area contributed by atoms with Gasteiger partial charge in [-0.3, -0.25) is 4.79 Å². The first-order valence-electron chi connectivity index (χ1n) is 9.26. The van der Waals surface area contributed by atoms with Crippen LogP contribution in [0.15, 0.2) is 29.2 Å². The van der Waals surface area contributed by atoms with Crippen LogP contribution in [0.4, 0.5) is 5.69 Å². The van der Waals surface area contributed by atoms with Crippen LogP contribution in [0.5, 0.6) is 0 Å². The predicted molar refractivity (Wildman–Crippen MR) is 95.9 cm³/mol. The Kier molecular flexibility index (Phi) is 4.15. The van der Waals surface area contributed by atoms with Crippen LogP contribution in [0.25, 0.3) is 0 Å². The Morgan fingerprint density at radius 1 is 1.16 bits per heavy atom. The van der Waals surface area contributed by atoms with Crippen LogP contribution >= 0.6 is 0 Å². The lowest BCUT2D eigenvalue weighted by molar-refractivity contribution is -0.729. The maximum absolute atomic E-state index is 12.4. The van der Waals surface area contributed by atoms with Crippen molar-refractivity contribution in [2.45, 2.75) is 49.0 Å². The smallest absolute Gasteiger partial charge is 0.279 e. The fraction of sp³-hybridized carbons (Fsp3) is 0.632. The number of sulfone groups is 1. The highest BCUT2D eigenvalue weighted by Gasteiger charge is 2.53. The second-order valence-electron chi connectivity index (χ2n) is 8.54. The van der Waals surface area contributed by atoms with E-state index in [9.17, 15) is 13.2 Å². The van der Waals surface area contributed by atoms with Crippen molar-refractivity contribution in [3.63, 3.8) is 0 Å². The average molecular weight is 364 g/mol. The van der Waals surface area contributed by atoms with Crippen molar-refractivity contribution in [3.05, 3.63) is 24.3 Å². The number of hydrogen-bond donors (Lipinski definition) is 2. The highest BCUT2D eigenvalue weighted by Crippen LogP contribution is 2.54. The van der Waals surface area contributed by atoms with Crippen molar-refractivity contribution < 1.29 is 18.5 Å². The van der Waals surface area contributed by atoms with Crippen molar-refractivity contribution in [3.8, 4) is 0 Å². The average Bonchev–Trinajstić information content (AvgIpc) is 2.51. The summed E-state index contributed by atoms with van der Waals surface area (Å²) in [6.45, 7) is 0.412. The van der Waals surface area contributed by atoms with Gasteiger partial charge >= 0.3 is 0 Å². The van der Waals surface area contributed by atoms with Gasteiger partial charge in [0.2, 0.25) is 0 Å². The van der Waals surface area contributed by atoms with Crippen LogP contribution in [-0.4, -0.2) is 32.7 Å². The molecule has 4 fully saturated rings. The lowest BCUT2D eigenvalue weighted by Gasteiger charge is -2.54. The van der Waals surface area contributed by atoms with E-state index in [-0.39, 0.29) is 16.3 Å². The minimum absolute atomic E-state index is 0.0543. The number of anilines is 1. The molecule has 136 valence electrons. The molecule has 0 saturated heterocycles. The fourth-order valence-corrected chi connectivity index (χ4v) is 6.42. The molecule has 0 aromatic heterocycles.